The Balaban J connectivity index is 2.00. The van der Waals surface area contributed by atoms with Crippen LogP contribution in [0.4, 0.5) is 0 Å². The second-order valence-electron chi connectivity index (χ2n) is 3.26. The molecule has 1 heterocycles. The van der Waals surface area contributed by atoms with E-state index in [4.69, 9.17) is 4.74 Å². The summed E-state index contributed by atoms with van der Waals surface area (Å²) >= 11 is 0. The number of thiol groups is 1. The summed E-state index contributed by atoms with van der Waals surface area (Å²) in [6.07, 6.45) is 0. The van der Waals surface area contributed by atoms with Crippen LogP contribution in [0.2, 0.25) is 0 Å². The smallest absolute Gasteiger partial charge is 0.233 e. The average Bonchev–Trinajstić information content (AvgIpc) is 2.38. The Hall–Kier alpha value is -1.95. The van der Waals surface area contributed by atoms with E-state index < -0.39 is 10.7 Å². The van der Waals surface area contributed by atoms with Crippen LogP contribution in [0.1, 0.15) is 5.56 Å². The van der Waals surface area contributed by atoms with E-state index in [1.165, 1.54) is 12.1 Å². The van der Waals surface area contributed by atoms with Gasteiger partial charge in [-0.25, -0.2) is 8.42 Å². The molecule has 0 radical (unpaired) electrons. The van der Waals surface area contributed by atoms with Crippen molar-refractivity contribution >= 4 is 10.7 Å². The summed E-state index contributed by atoms with van der Waals surface area (Å²) in [4.78, 5) is 0. The topological polar surface area (TPSA) is 69.2 Å². The van der Waals surface area contributed by atoms with Crippen LogP contribution in [0.25, 0.3) is 0 Å². The molecule has 6 heteroatoms. The average molecular weight is 250 g/mol. The summed E-state index contributed by atoms with van der Waals surface area (Å²) < 4.78 is 26.5. The van der Waals surface area contributed by atoms with E-state index in [1.54, 1.807) is 0 Å². The van der Waals surface area contributed by atoms with Crippen LogP contribution in [0.5, 0.6) is 5.88 Å². The first kappa shape index (κ1) is 11.5. The molecule has 2 rings (SSSR count). The molecule has 0 aliphatic rings. The first-order valence-electron chi connectivity index (χ1n) is 4.90. The van der Waals surface area contributed by atoms with E-state index >= 15 is 0 Å². The van der Waals surface area contributed by atoms with Crippen LogP contribution < -0.4 is 4.74 Å². The number of hydrogen-bond donors (Lipinski definition) is 1. The predicted molar refractivity (Wildman–Crippen MR) is 61.4 cm³/mol. The highest BCUT2D eigenvalue weighted by Crippen LogP contribution is 2.08. The van der Waals surface area contributed by atoms with Crippen molar-refractivity contribution in [1.29, 1.82) is 0 Å². The number of aromatic nitrogens is 2. The molecule has 17 heavy (non-hydrogen) atoms. The van der Waals surface area contributed by atoms with Crippen LogP contribution >= 0.6 is 0 Å². The van der Waals surface area contributed by atoms with Gasteiger partial charge in [0, 0.05) is 6.07 Å². The Morgan fingerprint density at radius 1 is 1.00 bits per heavy atom. The lowest BCUT2D eigenvalue weighted by molar-refractivity contribution is 0.289. The highest BCUT2D eigenvalue weighted by molar-refractivity contribution is 7.72. The third-order valence-corrected chi connectivity index (χ3v) is 2.66. The van der Waals surface area contributed by atoms with Gasteiger partial charge in [0.05, 0.1) is 0 Å². The molecular weight excluding hydrogens is 240 g/mol. The predicted octanol–water partition coefficient (Wildman–Crippen LogP) is 1.03. The highest BCUT2D eigenvalue weighted by Gasteiger charge is 2.00. The van der Waals surface area contributed by atoms with Gasteiger partial charge in [-0.15, -0.1) is 10.2 Å². The zero-order valence-electron chi connectivity index (χ0n) is 8.81. The SMILES string of the molecule is O=[SH](=O)c1ccc(OCc2ccccc2)nn1. The highest BCUT2D eigenvalue weighted by atomic mass is 32.2. The summed E-state index contributed by atoms with van der Waals surface area (Å²) in [7, 11) is -2.69. The van der Waals surface area contributed by atoms with E-state index in [2.05, 4.69) is 10.2 Å². The molecule has 0 bridgehead atoms. The van der Waals surface area contributed by atoms with E-state index in [-0.39, 0.29) is 5.03 Å². The summed E-state index contributed by atoms with van der Waals surface area (Å²) in [5.41, 5.74) is 1.01. The molecule has 0 saturated carbocycles. The van der Waals surface area contributed by atoms with Gasteiger partial charge in [0.15, 0.2) is 15.7 Å². The number of rotatable bonds is 4. The fraction of sp³-hybridized carbons (Fsp3) is 0.0909. The fourth-order valence-electron chi connectivity index (χ4n) is 1.22. The van der Waals surface area contributed by atoms with Crippen molar-refractivity contribution < 1.29 is 13.2 Å². The maximum Gasteiger partial charge on any atom is 0.233 e. The van der Waals surface area contributed by atoms with E-state index in [0.29, 0.717) is 12.5 Å². The van der Waals surface area contributed by atoms with Crippen molar-refractivity contribution in [3.63, 3.8) is 0 Å². The van der Waals surface area contributed by atoms with Crippen LogP contribution in [-0.4, -0.2) is 18.6 Å². The second kappa shape index (κ2) is 5.40. The molecule has 5 nitrogen and oxygen atoms in total. The van der Waals surface area contributed by atoms with Gasteiger partial charge >= 0.3 is 0 Å². The van der Waals surface area contributed by atoms with Gasteiger partial charge in [-0.3, -0.25) is 0 Å². The lowest BCUT2D eigenvalue weighted by atomic mass is 10.2. The van der Waals surface area contributed by atoms with Crippen molar-refractivity contribution in [3.05, 3.63) is 48.0 Å². The summed E-state index contributed by atoms with van der Waals surface area (Å²) in [5.74, 6) is 0.300. The zero-order chi connectivity index (χ0) is 12.1. The van der Waals surface area contributed by atoms with Crippen molar-refractivity contribution in [3.8, 4) is 5.88 Å². The van der Waals surface area contributed by atoms with E-state index in [9.17, 15) is 8.42 Å². The quantitative estimate of drug-likeness (QED) is 0.821. The largest absolute Gasteiger partial charge is 0.472 e. The second-order valence-corrected chi connectivity index (χ2v) is 4.23. The number of benzene rings is 1. The van der Waals surface area contributed by atoms with Gasteiger partial charge in [0.25, 0.3) is 0 Å². The molecule has 1 aromatic heterocycles. The molecule has 0 aliphatic heterocycles. The molecule has 0 atom stereocenters. The van der Waals surface area contributed by atoms with Gasteiger partial charge in [0.1, 0.15) is 6.61 Å². The molecule has 1 aromatic carbocycles. The normalized spacial score (nSPS) is 10.4. The summed E-state index contributed by atoms with van der Waals surface area (Å²) in [6.45, 7) is 0.373. The molecule has 0 saturated heterocycles. The van der Waals surface area contributed by atoms with E-state index in [1.807, 2.05) is 30.3 Å². The molecule has 0 fully saturated rings. The maximum absolute atomic E-state index is 10.6. The molecule has 0 spiro atoms. The van der Waals surface area contributed by atoms with Crippen molar-refractivity contribution in [2.45, 2.75) is 11.6 Å². The molecule has 0 aliphatic carbocycles. The minimum absolute atomic E-state index is 0.0629. The lowest BCUT2D eigenvalue weighted by Crippen LogP contribution is -1.99. The number of ether oxygens (including phenoxy) is 1. The van der Waals surface area contributed by atoms with Gasteiger partial charge in [-0.1, -0.05) is 30.3 Å². The molecule has 88 valence electrons. The molecule has 0 N–H and O–H groups in total. The van der Waals surface area contributed by atoms with Gasteiger partial charge in [-0.2, -0.15) is 0 Å². The first-order chi connectivity index (χ1) is 8.25. The molecular formula is C11H10N2O3S. The van der Waals surface area contributed by atoms with E-state index in [0.717, 1.165) is 5.56 Å². The van der Waals surface area contributed by atoms with Crippen molar-refractivity contribution in [2.75, 3.05) is 0 Å². The van der Waals surface area contributed by atoms with Crippen LogP contribution in [0, 0.1) is 0 Å². The van der Waals surface area contributed by atoms with Crippen molar-refractivity contribution in [1.82, 2.24) is 10.2 Å². The Bertz CT molecular complexity index is 545. The molecule has 0 amide bonds. The Morgan fingerprint density at radius 3 is 2.35 bits per heavy atom. The van der Waals surface area contributed by atoms with Crippen LogP contribution in [0.3, 0.4) is 0 Å². The minimum Gasteiger partial charge on any atom is -0.472 e. The van der Waals surface area contributed by atoms with Crippen LogP contribution in [0.15, 0.2) is 47.5 Å². The number of nitrogens with zero attached hydrogens (tertiary/aromatic N) is 2. The Morgan fingerprint density at radius 2 is 1.76 bits per heavy atom. The first-order valence-corrected chi connectivity index (χ1v) is 6.08. The monoisotopic (exact) mass is 250 g/mol. The number of hydrogen-bond acceptors (Lipinski definition) is 5. The summed E-state index contributed by atoms with van der Waals surface area (Å²) in [6, 6.07) is 12.4. The third-order valence-electron chi connectivity index (χ3n) is 2.04. The standard InChI is InChI=1S/C11H10N2O3S/c14-17(15)11-7-6-10(12-13-11)16-8-9-4-2-1-3-5-9/h1-7,17H,8H2. The van der Waals surface area contributed by atoms with Gasteiger partial charge in [0.2, 0.25) is 5.88 Å². The van der Waals surface area contributed by atoms with Gasteiger partial charge < -0.3 is 4.74 Å². The molecule has 0 unspecified atom stereocenters. The minimum atomic E-state index is -2.69. The third kappa shape index (κ3) is 3.25. The van der Waals surface area contributed by atoms with Crippen LogP contribution in [-0.2, 0) is 17.3 Å². The van der Waals surface area contributed by atoms with Gasteiger partial charge in [-0.05, 0) is 11.6 Å². The Kier molecular flexibility index (Phi) is 3.66. The maximum atomic E-state index is 10.6. The van der Waals surface area contributed by atoms with Crippen molar-refractivity contribution in [2.24, 2.45) is 0 Å². The lowest BCUT2D eigenvalue weighted by Gasteiger charge is -2.03. The molecule has 2 aromatic rings. The Labute approximate surface area is 100 Å². The fourth-order valence-corrected chi connectivity index (χ4v) is 1.53. The zero-order valence-corrected chi connectivity index (χ0v) is 9.71. The summed E-state index contributed by atoms with van der Waals surface area (Å²) in [5, 5.41) is 7.12.